The van der Waals surface area contributed by atoms with Crippen LogP contribution in [0.1, 0.15) is 29.4 Å². The van der Waals surface area contributed by atoms with Gasteiger partial charge in [0.2, 0.25) is 0 Å². The first-order valence-corrected chi connectivity index (χ1v) is 9.73. The van der Waals surface area contributed by atoms with E-state index in [0.29, 0.717) is 28.6 Å². The Morgan fingerprint density at radius 3 is 2.96 bits per heavy atom. The molecular formula is C19H17ClN4O3S. The van der Waals surface area contributed by atoms with E-state index in [0.717, 1.165) is 11.3 Å². The van der Waals surface area contributed by atoms with E-state index >= 15 is 0 Å². The van der Waals surface area contributed by atoms with Crippen molar-refractivity contribution < 1.29 is 9.53 Å². The van der Waals surface area contributed by atoms with Gasteiger partial charge in [0, 0.05) is 0 Å². The van der Waals surface area contributed by atoms with Gasteiger partial charge in [-0.3, -0.25) is 4.79 Å². The van der Waals surface area contributed by atoms with E-state index < -0.39 is 11.6 Å². The van der Waals surface area contributed by atoms with Crippen LogP contribution in [0.15, 0.2) is 51.7 Å². The van der Waals surface area contributed by atoms with Gasteiger partial charge in [0.25, 0.3) is 5.91 Å². The number of aromatic amines is 1. The lowest BCUT2D eigenvalue weighted by Crippen LogP contribution is -2.24. The zero-order valence-electron chi connectivity index (χ0n) is 14.9. The normalized spacial score (nSPS) is 10.9. The molecule has 2 heterocycles. The lowest BCUT2D eigenvalue weighted by Gasteiger charge is -2.06. The standard InChI is InChI=1S/C19H17ClN4O3S/c1-2-7-27-16-6-5-12(9-13(16)20)11-21-24-18(25)15-10-14(22-19(26)23-15)17-4-3-8-28-17/h3-6,8-11H,2,7H2,1H3,(H,24,25)(H,22,23,26)/b21-11+. The summed E-state index contributed by atoms with van der Waals surface area (Å²) in [4.78, 5) is 31.1. The fourth-order valence-electron chi connectivity index (χ4n) is 2.29. The van der Waals surface area contributed by atoms with E-state index in [2.05, 4.69) is 20.5 Å². The van der Waals surface area contributed by atoms with Crippen LogP contribution in [0.4, 0.5) is 0 Å². The fourth-order valence-corrected chi connectivity index (χ4v) is 3.23. The number of hydrazone groups is 1. The molecule has 0 bridgehead atoms. The maximum Gasteiger partial charge on any atom is 0.346 e. The Morgan fingerprint density at radius 1 is 1.39 bits per heavy atom. The third kappa shape index (κ3) is 5.05. The number of amides is 1. The SMILES string of the molecule is CCCOc1ccc(/C=N/NC(=O)c2cc(-c3cccs3)[nH]c(=O)n2)cc1Cl. The van der Waals surface area contributed by atoms with Crippen molar-refractivity contribution in [1.82, 2.24) is 15.4 Å². The molecule has 2 N–H and O–H groups in total. The Hall–Kier alpha value is -2.97. The molecule has 0 spiro atoms. The molecule has 7 nitrogen and oxygen atoms in total. The second kappa shape index (κ2) is 9.29. The van der Waals surface area contributed by atoms with Gasteiger partial charge in [-0.15, -0.1) is 11.3 Å². The average molecular weight is 417 g/mol. The van der Waals surface area contributed by atoms with Gasteiger partial charge in [-0.2, -0.15) is 10.1 Å². The topological polar surface area (TPSA) is 96.4 Å². The molecule has 144 valence electrons. The van der Waals surface area contributed by atoms with Crippen LogP contribution in [0.25, 0.3) is 10.6 Å². The van der Waals surface area contributed by atoms with Crippen LogP contribution in [0, 0.1) is 0 Å². The van der Waals surface area contributed by atoms with Crippen LogP contribution in [0.2, 0.25) is 5.02 Å². The molecule has 0 aliphatic carbocycles. The van der Waals surface area contributed by atoms with Crippen molar-refractivity contribution in [1.29, 1.82) is 0 Å². The van der Waals surface area contributed by atoms with Gasteiger partial charge in [0.05, 0.1) is 28.4 Å². The molecule has 3 aromatic rings. The number of carbonyl (C=O) groups is 1. The maximum atomic E-state index is 12.3. The zero-order valence-corrected chi connectivity index (χ0v) is 16.5. The van der Waals surface area contributed by atoms with Gasteiger partial charge in [0.15, 0.2) is 0 Å². The monoisotopic (exact) mass is 416 g/mol. The number of aromatic nitrogens is 2. The quantitative estimate of drug-likeness (QED) is 0.453. The smallest absolute Gasteiger partial charge is 0.346 e. The molecule has 28 heavy (non-hydrogen) atoms. The summed E-state index contributed by atoms with van der Waals surface area (Å²) in [5, 5.41) is 6.23. The summed E-state index contributed by atoms with van der Waals surface area (Å²) >= 11 is 7.61. The van der Waals surface area contributed by atoms with Crippen molar-refractivity contribution in [3.05, 3.63) is 68.5 Å². The summed E-state index contributed by atoms with van der Waals surface area (Å²) in [6, 6.07) is 10.4. The van der Waals surface area contributed by atoms with Crippen molar-refractivity contribution in [2.45, 2.75) is 13.3 Å². The van der Waals surface area contributed by atoms with Gasteiger partial charge in [-0.05, 0) is 47.7 Å². The number of nitrogens with zero attached hydrogens (tertiary/aromatic N) is 2. The molecule has 3 rings (SSSR count). The second-order valence-electron chi connectivity index (χ2n) is 5.70. The Kier molecular flexibility index (Phi) is 6.57. The van der Waals surface area contributed by atoms with Crippen LogP contribution in [-0.2, 0) is 0 Å². The number of thiophene rings is 1. The summed E-state index contributed by atoms with van der Waals surface area (Å²) in [6.07, 6.45) is 2.33. The molecule has 0 saturated carbocycles. The molecule has 0 atom stereocenters. The van der Waals surface area contributed by atoms with E-state index in [1.54, 1.807) is 18.2 Å². The largest absolute Gasteiger partial charge is 0.492 e. The first kappa shape index (κ1) is 19.8. The number of hydrogen-bond donors (Lipinski definition) is 2. The van der Waals surface area contributed by atoms with E-state index in [1.807, 2.05) is 24.4 Å². The first-order valence-electron chi connectivity index (χ1n) is 8.48. The molecular weight excluding hydrogens is 400 g/mol. The van der Waals surface area contributed by atoms with Crippen LogP contribution in [0.3, 0.4) is 0 Å². The minimum Gasteiger partial charge on any atom is -0.492 e. The molecule has 0 radical (unpaired) electrons. The van der Waals surface area contributed by atoms with Crippen LogP contribution < -0.4 is 15.9 Å². The highest BCUT2D eigenvalue weighted by Crippen LogP contribution is 2.25. The fraction of sp³-hybridized carbons (Fsp3) is 0.158. The van der Waals surface area contributed by atoms with Crippen molar-refractivity contribution in [3.8, 4) is 16.3 Å². The van der Waals surface area contributed by atoms with Crippen molar-refractivity contribution >= 4 is 35.1 Å². The Labute approximate surface area is 170 Å². The van der Waals surface area contributed by atoms with Crippen molar-refractivity contribution in [3.63, 3.8) is 0 Å². The predicted molar refractivity (Wildman–Crippen MR) is 110 cm³/mol. The molecule has 1 amide bonds. The maximum absolute atomic E-state index is 12.3. The predicted octanol–water partition coefficient (Wildman–Crippen LogP) is 3.70. The van der Waals surface area contributed by atoms with Gasteiger partial charge >= 0.3 is 5.69 Å². The highest BCUT2D eigenvalue weighted by atomic mass is 35.5. The molecule has 2 aromatic heterocycles. The highest BCUT2D eigenvalue weighted by Gasteiger charge is 2.11. The number of hydrogen-bond acceptors (Lipinski definition) is 6. The number of rotatable bonds is 7. The van der Waals surface area contributed by atoms with Crippen LogP contribution in [0.5, 0.6) is 5.75 Å². The van der Waals surface area contributed by atoms with E-state index in [9.17, 15) is 9.59 Å². The van der Waals surface area contributed by atoms with Crippen LogP contribution in [-0.4, -0.2) is 28.7 Å². The lowest BCUT2D eigenvalue weighted by atomic mass is 10.2. The Morgan fingerprint density at radius 2 is 2.25 bits per heavy atom. The molecule has 0 unspecified atom stereocenters. The number of halogens is 1. The molecule has 0 aliphatic rings. The zero-order chi connectivity index (χ0) is 19.9. The van der Waals surface area contributed by atoms with E-state index in [1.165, 1.54) is 23.6 Å². The van der Waals surface area contributed by atoms with Gasteiger partial charge in [-0.1, -0.05) is 24.6 Å². The minimum atomic E-state index is -0.602. The molecule has 0 fully saturated rings. The summed E-state index contributed by atoms with van der Waals surface area (Å²) in [5.74, 6) is 0.00710. The number of nitrogens with one attached hydrogen (secondary N) is 2. The molecule has 0 saturated heterocycles. The summed E-state index contributed by atoms with van der Waals surface area (Å²) < 4.78 is 5.51. The third-order valence-electron chi connectivity index (χ3n) is 3.56. The average Bonchev–Trinajstić information content (AvgIpc) is 3.21. The highest BCUT2D eigenvalue weighted by molar-refractivity contribution is 7.13. The van der Waals surface area contributed by atoms with Crippen molar-refractivity contribution in [2.24, 2.45) is 5.10 Å². The minimum absolute atomic E-state index is 0.0226. The molecule has 0 aliphatic heterocycles. The summed E-state index contributed by atoms with van der Waals surface area (Å²) in [6.45, 7) is 2.59. The lowest BCUT2D eigenvalue weighted by molar-refractivity contribution is 0.0949. The number of ether oxygens (including phenoxy) is 1. The Bertz CT molecular complexity index is 1050. The van der Waals surface area contributed by atoms with E-state index in [4.69, 9.17) is 16.3 Å². The first-order chi connectivity index (χ1) is 13.6. The van der Waals surface area contributed by atoms with Gasteiger partial charge in [-0.25, -0.2) is 10.2 Å². The van der Waals surface area contributed by atoms with E-state index in [-0.39, 0.29) is 5.69 Å². The van der Waals surface area contributed by atoms with Crippen LogP contribution >= 0.6 is 22.9 Å². The molecule has 9 heteroatoms. The third-order valence-corrected chi connectivity index (χ3v) is 4.76. The summed E-state index contributed by atoms with van der Waals surface area (Å²) in [5.41, 5.74) is 2.95. The number of benzene rings is 1. The second-order valence-corrected chi connectivity index (χ2v) is 7.05. The van der Waals surface area contributed by atoms with Gasteiger partial charge < -0.3 is 9.72 Å². The number of carbonyl (C=O) groups excluding carboxylic acids is 1. The summed E-state index contributed by atoms with van der Waals surface area (Å²) in [7, 11) is 0. The van der Waals surface area contributed by atoms with Crippen molar-refractivity contribution in [2.75, 3.05) is 6.61 Å². The number of H-pyrrole nitrogens is 1. The molecule has 1 aromatic carbocycles. The van der Waals surface area contributed by atoms with Gasteiger partial charge in [0.1, 0.15) is 11.4 Å². The Balaban J connectivity index is 1.69.